The van der Waals surface area contributed by atoms with Crippen LogP contribution in [0.25, 0.3) is 11.4 Å². The number of nitrogens with zero attached hydrogens (tertiary/aromatic N) is 2. The Morgan fingerprint density at radius 1 is 1.12 bits per heavy atom. The monoisotopic (exact) mass is 210 g/mol. The fourth-order valence-corrected chi connectivity index (χ4v) is 1.58. The molecule has 0 aliphatic heterocycles. The van der Waals surface area contributed by atoms with Crippen LogP contribution in [0.2, 0.25) is 0 Å². The van der Waals surface area contributed by atoms with Crippen LogP contribution in [0.4, 0.5) is 0 Å². The SMILES string of the molecule is C=CCc1ccnc(-c2cc(C)ccn2)c1. The molecule has 0 fully saturated rings. The van der Waals surface area contributed by atoms with Gasteiger partial charge in [-0.05, 0) is 48.7 Å². The molecule has 0 spiro atoms. The summed E-state index contributed by atoms with van der Waals surface area (Å²) in [5.41, 5.74) is 4.25. The number of pyridine rings is 2. The molecule has 0 saturated carbocycles. The van der Waals surface area contributed by atoms with E-state index in [0.717, 1.165) is 17.8 Å². The highest BCUT2D eigenvalue weighted by atomic mass is 14.8. The summed E-state index contributed by atoms with van der Waals surface area (Å²) in [6.45, 7) is 5.79. The minimum atomic E-state index is 0.862. The van der Waals surface area contributed by atoms with Gasteiger partial charge in [-0.3, -0.25) is 9.97 Å². The average Bonchev–Trinajstić information content (AvgIpc) is 2.30. The Balaban J connectivity index is 2.40. The molecule has 80 valence electrons. The first-order valence-corrected chi connectivity index (χ1v) is 5.28. The molecule has 0 aliphatic rings. The first-order chi connectivity index (χ1) is 7.79. The van der Waals surface area contributed by atoms with Crippen molar-refractivity contribution in [2.24, 2.45) is 0 Å². The molecule has 0 aromatic carbocycles. The Morgan fingerprint density at radius 2 is 1.81 bits per heavy atom. The minimum absolute atomic E-state index is 0.862. The maximum Gasteiger partial charge on any atom is 0.0889 e. The standard InChI is InChI=1S/C14H14N2/c1-3-4-12-6-8-16-14(10-12)13-9-11(2)5-7-15-13/h3,5-10H,1,4H2,2H3. The molecule has 0 radical (unpaired) electrons. The topological polar surface area (TPSA) is 25.8 Å². The smallest absolute Gasteiger partial charge is 0.0889 e. The van der Waals surface area contributed by atoms with Crippen LogP contribution >= 0.6 is 0 Å². The molecule has 0 amide bonds. The number of hydrogen-bond donors (Lipinski definition) is 0. The molecule has 2 aromatic rings. The third-order valence-corrected chi connectivity index (χ3v) is 2.38. The van der Waals surface area contributed by atoms with Gasteiger partial charge >= 0.3 is 0 Å². The quantitative estimate of drug-likeness (QED) is 0.727. The van der Waals surface area contributed by atoms with Crippen LogP contribution in [0.5, 0.6) is 0 Å². The highest BCUT2D eigenvalue weighted by molar-refractivity contribution is 5.55. The highest BCUT2D eigenvalue weighted by Gasteiger charge is 2.01. The van der Waals surface area contributed by atoms with E-state index >= 15 is 0 Å². The molecule has 2 heteroatoms. The largest absolute Gasteiger partial charge is 0.255 e. The van der Waals surface area contributed by atoms with Gasteiger partial charge in [0.05, 0.1) is 11.4 Å². The third kappa shape index (κ3) is 2.34. The van der Waals surface area contributed by atoms with Gasteiger partial charge in [-0.15, -0.1) is 6.58 Å². The third-order valence-electron chi connectivity index (χ3n) is 2.38. The Labute approximate surface area is 95.7 Å². The molecule has 0 atom stereocenters. The maximum absolute atomic E-state index is 4.34. The van der Waals surface area contributed by atoms with Crippen LogP contribution in [0.3, 0.4) is 0 Å². The van der Waals surface area contributed by atoms with E-state index in [1.807, 2.05) is 36.7 Å². The lowest BCUT2D eigenvalue weighted by Crippen LogP contribution is -1.90. The molecule has 0 unspecified atom stereocenters. The lowest BCUT2D eigenvalue weighted by molar-refractivity contribution is 1.18. The first kappa shape index (κ1) is 10.6. The summed E-state index contributed by atoms with van der Waals surface area (Å²) in [6, 6.07) is 8.08. The molecule has 2 nitrogen and oxygen atoms in total. The normalized spacial score (nSPS) is 10.1. The molecular formula is C14H14N2. The summed E-state index contributed by atoms with van der Waals surface area (Å²) in [5.74, 6) is 0. The van der Waals surface area contributed by atoms with Crippen molar-refractivity contribution >= 4 is 0 Å². The van der Waals surface area contributed by atoms with Gasteiger partial charge < -0.3 is 0 Å². The first-order valence-electron chi connectivity index (χ1n) is 5.28. The van der Waals surface area contributed by atoms with Crippen molar-refractivity contribution in [2.75, 3.05) is 0 Å². The van der Waals surface area contributed by atoms with E-state index in [2.05, 4.69) is 29.5 Å². The number of hydrogen-bond acceptors (Lipinski definition) is 2. The van der Waals surface area contributed by atoms with Gasteiger partial charge in [0.1, 0.15) is 0 Å². The summed E-state index contributed by atoms with van der Waals surface area (Å²) < 4.78 is 0. The summed E-state index contributed by atoms with van der Waals surface area (Å²) in [4.78, 5) is 8.66. The van der Waals surface area contributed by atoms with Gasteiger partial charge in [-0.1, -0.05) is 6.08 Å². The van der Waals surface area contributed by atoms with Crippen molar-refractivity contribution in [1.82, 2.24) is 9.97 Å². The predicted molar refractivity (Wildman–Crippen MR) is 66.1 cm³/mol. The minimum Gasteiger partial charge on any atom is -0.255 e. The van der Waals surface area contributed by atoms with E-state index in [9.17, 15) is 0 Å². The molecule has 0 saturated heterocycles. The zero-order valence-corrected chi connectivity index (χ0v) is 9.35. The zero-order chi connectivity index (χ0) is 11.4. The van der Waals surface area contributed by atoms with Crippen molar-refractivity contribution < 1.29 is 0 Å². The van der Waals surface area contributed by atoms with Crippen LogP contribution in [-0.2, 0) is 6.42 Å². The summed E-state index contributed by atoms with van der Waals surface area (Å²) >= 11 is 0. The predicted octanol–water partition coefficient (Wildman–Crippen LogP) is 3.18. The van der Waals surface area contributed by atoms with E-state index in [1.165, 1.54) is 11.1 Å². The van der Waals surface area contributed by atoms with Gasteiger partial charge in [0.2, 0.25) is 0 Å². The highest BCUT2D eigenvalue weighted by Crippen LogP contribution is 2.16. The Morgan fingerprint density at radius 3 is 2.50 bits per heavy atom. The van der Waals surface area contributed by atoms with Crippen LogP contribution in [0.1, 0.15) is 11.1 Å². The lowest BCUT2D eigenvalue weighted by atomic mass is 10.1. The number of aryl methyl sites for hydroxylation is 1. The van der Waals surface area contributed by atoms with Gasteiger partial charge in [-0.25, -0.2) is 0 Å². The molecule has 0 bridgehead atoms. The summed E-state index contributed by atoms with van der Waals surface area (Å²) in [6.07, 6.45) is 6.38. The summed E-state index contributed by atoms with van der Waals surface area (Å²) in [7, 11) is 0. The molecule has 0 N–H and O–H groups in total. The van der Waals surface area contributed by atoms with Gasteiger partial charge in [0.25, 0.3) is 0 Å². The Kier molecular flexibility index (Phi) is 3.10. The van der Waals surface area contributed by atoms with Crippen LogP contribution in [0, 0.1) is 6.92 Å². The van der Waals surface area contributed by atoms with Crippen molar-refractivity contribution in [3.63, 3.8) is 0 Å². The number of allylic oxidation sites excluding steroid dienone is 1. The molecule has 0 aliphatic carbocycles. The van der Waals surface area contributed by atoms with Gasteiger partial charge in [0, 0.05) is 12.4 Å². The molecular weight excluding hydrogens is 196 g/mol. The Hall–Kier alpha value is -1.96. The van der Waals surface area contributed by atoms with Gasteiger partial charge in [-0.2, -0.15) is 0 Å². The second-order valence-corrected chi connectivity index (χ2v) is 3.76. The van der Waals surface area contributed by atoms with E-state index in [1.54, 1.807) is 0 Å². The van der Waals surface area contributed by atoms with E-state index < -0.39 is 0 Å². The van der Waals surface area contributed by atoms with Crippen molar-refractivity contribution in [1.29, 1.82) is 0 Å². The number of aromatic nitrogens is 2. The van der Waals surface area contributed by atoms with E-state index in [4.69, 9.17) is 0 Å². The van der Waals surface area contributed by atoms with Crippen molar-refractivity contribution in [3.8, 4) is 11.4 Å². The fourth-order valence-electron chi connectivity index (χ4n) is 1.58. The fraction of sp³-hybridized carbons (Fsp3) is 0.143. The average molecular weight is 210 g/mol. The summed E-state index contributed by atoms with van der Waals surface area (Å²) in [5, 5.41) is 0. The van der Waals surface area contributed by atoms with Crippen LogP contribution in [0.15, 0.2) is 49.3 Å². The Bertz CT molecular complexity index is 504. The molecule has 2 heterocycles. The van der Waals surface area contributed by atoms with Crippen LogP contribution in [-0.4, -0.2) is 9.97 Å². The second kappa shape index (κ2) is 4.71. The van der Waals surface area contributed by atoms with Crippen molar-refractivity contribution in [3.05, 3.63) is 60.4 Å². The molecule has 2 aromatic heterocycles. The number of rotatable bonds is 3. The van der Waals surface area contributed by atoms with Gasteiger partial charge in [0.15, 0.2) is 0 Å². The maximum atomic E-state index is 4.34. The second-order valence-electron chi connectivity index (χ2n) is 3.76. The zero-order valence-electron chi connectivity index (χ0n) is 9.35. The van der Waals surface area contributed by atoms with E-state index in [0.29, 0.717) is 0 Å². The van der Waals surface area contributed by atoms with Crippen LogP contribution < -0.4 is 0 Å². The lowest BCUT2D eigenvalue weighted by Gasteiger charge is -2.03. The van der Waals surface area contributed by atoms with Crippen molar-refractivity contribution in [2.45, 2.75) is 13.3 Å². The molecule has 2 rings (SSSR count). The van der Waals surface area contributed by atoms with E-state index in [-0.39, 0.29) is 0 Å². The molecule has 16 heavy (non-hydrogen) atoms.